The second-order valence-corrected chi connectivity index (χ2v) is 3.19. The minimum atomic E-state index is -0.0521. The number of rotatable bonds is 0. The summed E-state index contributed by atoms with van der Waals surface area (Å²) in [6.07, 6.45) is 4.61. The molecule has 2 bridgehead atoms. The van der Waals surface area contributed by atoms with Crippen molar-refractivity contribution in [2.75, 3.05) is 0 Å². The van der Waals surface area contributed by atoms with Crippen LogP contribution in [0.3, 0.4) is 0 Å². The van der Waals surface area contributed by atoms with Gasteiger partial charge >= 0.3 is 0 Å². The molecule has 0 aromatic carbocycles. The molecule has 2 heterocycles. The standard InChI is InChI=1S/C7H13NO.ClH/c9-7-4-2-5-1-3-6(7)8-5;/h5-9H,1-4H2;1H. The lowest BCUT2D eigenvalue weighted by atomic mass is 10.0. The molecular weight excluding hydrogens is 150 g/mol. The van der Waals surface area contributed by atoms with Gasteiger partial charge in [-0.05, 0) is 25.7 Å². The second kappa shape index (κ2) is 3.07. The molecule has 2 rings (SSSR count). The monoisotopic (exact) mass is 163 g/mol. The highest BCUT2D eigenvalue weighted by molar-refractivity contribution is 5.85. The number of aliphatic hydroxyl groups excluding tert-OH is 1. The SMILES string of the molecule is Cl.OC1CCC2CCC1N2. The molecular formula is C7H14ClNO. The van der Waals surface area contributed by atoms with Crippen LogP contribution in [-0.4, -0.2) is 23.3 Å². The van der Waals surface area contributed by atoms with Gasteiger partial charge in [-0.3, -0.25) is 0 Å². The summed E-state index contributed by atoms with van der Waals surface area (Å²) in [5.41, 5.74) is 0. The van der Waals surface area contributed by atoms with E-state index in [2.05, 4.69) is 5.32 Å². The molecule has 0 amide bonds. The summed E-state index contributed by atoms with van der Waals surface area (Å²) in [4.78, 5) is 0. The Kier molecular flexibility index (Phi) is 2.55. The van der Waals surface area contributed by atoms with Crippen LogP contribution >= 0.6 is 12.4 Å². The molecule has 2 saturated heterocycles. The summed E-state index contributed by atoms with van der Waals surface area (Å²) < 4.78 is 0. The lowest BCUT2D eigenvalue weighted by molar-refractivity contribution is 0.103. The third-order valence-corrected chi connectivity index (χ3v) is 2.55. The summed E-state index contributed by atoms with van der Waals surface area (Å²) in [5, 5.41) is 12.7. The smallest absolute Gasteiger partial charge is 0.0693 e. The Labute approximate surface area is 67.4 Å². The third-order valence-electron chi connectivity index (χ3n) is 2.55. The van der Waals surface area contributed by atoms with Gasteiger partial charge in [0.05, 0.1) is 6.10 Å². The third kappa shape index (κ3) is 1.29. The van der Waals surface area contributed by atoms with Gasteiger partial charge in [0, 0.05) is 12.1 Å². The fourth-order valence-electron chi connectivity index (χ4n) is 1.95. The highest BCUT2D eigenvalue weighted by atomic mass is 35.5. The van der Waals surface area contributed by atoms with Gasteiger partial charge in [-0.2, -0.15) is 0 Å². The molecule has 2 N–H and O–H groups in total. The van der Waals surface area contributed by atoms with Crippen LogP contribution in [0.1, 0.15) is 25.7 Å². The highest BCUT2D eigenvalue weighted by Crippen LogP contribution is 2.26. The lowest BCUT2D eigenvalue weighted by Gasteiger charge is -2.25. The number of piperidine rings is 1. The quantitative estimate of drug-likeness (QED) is 0.551. The van der Waals surface area contributed by atoms with E-state index in [0.717, 1.165) is 12.5 Å². The molecule has 0 aromatic heterocycles. The summed E-state index contributed by atoms with van der Waals surface area (Å²) >= 11 is 0. The Morgan fingerprint density at radius 1 is 1.10 bits per heavy atom. The predicted octanol–water partition coefficient (Wildman–Crippen LogP) is 0.683. The number of fused-ring (bicyclic) bond motifs is 2. The molecule has 60 valence electrons. The van der Waals surface area contributed by atoms with Crippen LogP contribution in [0.2, 0.25) is 0 Å². The minimum Gasteiger partial charge on any atom is -0.392 e. The summed E-state index contributed by atoms with van der Waals surface area (Å²) in [5.74, 6) is 0. The van der Waals surface area contributed by atoms with E-state index in [0.29, 0.717) is 6.04 Å². The summed E-state index contributed by atoms with van der Waals surface area (Å²) in [6, 6.07) is 1.17. The first-order valence-electron chi connectivity index (χ1n) is 3.80. The lowest BCUT2D eigenvalue weighted by Crippen LogP contribution is -2.43. The molecule has 0 aliphatic carbocycles. The van der Waals surface area contributed by atoms with E-state index in [4.69, 9.17) is 0 Å². The Morgan fingerprint density at radius 2 is 1.80 bits per heavy atom. The van der Waals surface area contributed by atoms with Gasteiger partial charge in [0.25, 0.3) is 0 Å². The molecule has 3 unspecified atom stereocenters. The van der Waals surface area contributed by atoms with Gasteiger partial charge in [-0.1, -0.05) is 0 Å². The van der Waals surface area contributed by atoms with E-state index >= 15 is 0 Å². The second-order valence-electron chi connectivity index (χ2n) is 3.19. The average molecular weight is 164 g/mol. The normalized spacial score (nSPS) is 44.7. The van der Waals surface area contributed by atoms with Gasteiger partial charge in [0.2, 0.25) is 0 Å². The molecule has 0 saturated carbocycles. The van der Waals surface area contributed by atoms with Crippen LogP contribution in [0.4, 0.5) is 0 Å². The maximum Gasteiger partial charge on any atom is 0.0693 e. The zero-order valence-corrected chi connectivity index (χ0v) is 6.73. The molecule has 3 heteroatoms. The molecule has 2 aliphatic rings. The van der Waals surface area contributed by atoms with E-state index in [1.54, 1.807) is 0 Å². The topological polar surface area (TPSA) is 32.3 Å². The van der Waals surface area contributed by atoms with E-state index in [-0.39, 0.29) is 18.5 Å². The minimum absolute atomic E-state index is 0. The predicted molar refractivity (Wildman–Crippen MR) is 42.4 cm³/mol. The van der Waals surface area contributed by atoms with Crippen LogP contribution in [0.25, 0.3) is 0 Å². The molecule has 0 aromatic rings. The van der Waals surface area contributed by atoms with Crippen molar-refractivity contribution in [3.8, 4) is 0 Å². The number of halogens is 1. The number of aliphatic hydroxyl groups is 1. The highest BCUT2D eigenvalue weighted by Gasteiger charge is 2.33. The first-order valence-corrected chi connectivity index (χ1v) is 3.80. The zero-order valence-electron chi connectivity index (χ0n) is 5.92. The molecule has 2 aliphatic heterocycles. The van der Waals surface area contributed by atoms with Gasteiger partial charge in [-0.25, -0.2) is 0 Å². The van der Waals surface area contributed by atoms with Gasteiger partial charge < -0.3 is 10.4 Å². The van der Waals surface area contributed by atoms with Crippen LogP contribution in [0, 0.1) is 0 Å². The van der Waals surface area contributed by atoms with Crippen molar-refractivity contribution in [3.05, 3.63) is 0 Å². The molecule has 3 atom stereocenters. The van der Waals surface area contributed by atoms with Crippen molar-refractivity contribution in [2.24, 2.45) is 0 Å². The van der Waals surface area contributed by atoms with E-state index in [1.165, 1.54) is 19.3 Å². The van der Waals surface area contributed by atoms with Crippen LogP contribution in [0.5, 0.6) is 0 Å². The van der Waals surface area contributed by atoms with Gasteiger partial charge in [0.1, 0.15) is 0 Å². The Morgan fingerprint density at radius 3 is 2.50 bits per heavy atom. The maximum atomic E-state index is 9.33. The summed E-state index contributed by atoms with van der Waals surface area (Å²) in [6.45, 7) is 0. The van der Waals surface area contributed by atoms with Crippen molar-refractivity contribution in [1.29, 1.82) is 0 Å². The largest absolute Gasteiger partial charge is 0.392 e. The molecule has 2 fully saturated rings. The Bertz CT molecular complexity index is 120. The average Bonchev–Trinajstić information content (AvgIpc) is 2.25. The summed E-state index contributed by atoms with van der Waals surface area (Å²) in [7, 11) is 0. The van der Waals surface area contributed by atoms with Crippen molar-refractivity contribution in [2.45, 2.75) is 43.9 Å². The Balaban J connectivity index is 0.000000500. The van der Waals surface area contributed by atoms with Crippen LogP contribution in [0.15, 0.2) is 0 Å². The first kappa shape index (κ1) is 8.31. The number of hydrogen-bond donors (Lipinski definition) is 2. The van der Waals surface area contributed by atoms with Crippen molar-refractivity contribution in [1.82, 2.24) is 5.32 Å². The van der Waals surface area contributed by atoms with E-state index in [1.807, 2.05) is 0 Å². The fourth-order valence-corrected chi connectivity index (χ4v) is 1.95. The molecule has 0 spiro atoms. The number of hydrogen-bond acceptors (Lipinski definition) is 2. The van der Waals surface area contributed by atoms with Crippen LogP contribution < -0.4 is 5.32 Å². The van der Waals surface area contributed by atoms with Gasteiger partial charge in [-0.15, -0.1) is 12.4 Å². The van der Waals surface area contributed by atoms with Crippen LogP contribution in [-0.2, 0) is 0 Å². The zero-order chi connectivity index (χ0) is 6.27. The fraction of sp³-hybridized carbons (Fsp3) is 1.00. The van der Waals surface area contributed by atoms with Gasteiger partial charge in [0.15, 0.2) is 0 Å². The maximum absolute atomic E-state index is 9.33. The van der Waals surface area contributed by atoms with Crippen molar-refractivity contribution < 1.29 is 5.11 Å². The van der Waals surface area contributed by atoms with Crippen molar-refractivity contribution in [3.63, 3.8) is 0 Å². The Hall–Kier alpha value is 0.210. The van der Waals surface area contributed by atoms with E-state index < -0.39 is 0 Å². The first-order chi connectivity index (χ1) is 4.36. The molecule has 0 radical (unpaired) electrons. The van der Waals surface area contributed by atoms with Crippen molar-refractivity contribution >= 4 is 12.4 Å². The molecule has 2 nitrogen and oxygen atoms in total. The number of nitrogens with one attached hydrogen (secondary N) is 1. The van der Waals surface area contributed by atoms with E-state index in [9.17, 15) is 5.11 Å². The molecule has 10 heavy (non-hydrogen) atoms.